The van der Waals surface area contributed by atoms with Crippen LogP contribution in [0.25, 0.3) is 0 Å². The second-order valence-electron chi connectivity index (χ2n) is 3.04. The third-order valence-corrected chi connectivity index (χ3v) is 3.13. The summed E-state index contributed by atoms with van der Waals surface area (Å²) < 4.78 is 4.89. The van der Waals surface area contributed by atoms with E-state index in [1.807, 2.05) is 13.8 Å². The molecule has 0 unspecified atom stereocenters. The number of nitrogens with one attached hydrogen (secondary N) is 1. The van der Waals surface area contributed by atoms with Crippen molar-refractivity contribution in [3.8, 4) is 0 Å². The third kappa shape index (κ3) is 3.02. The Kier molecular flexibility index (Phi) is 5.42. The molecule has 0 radical (unpaired) electrons. The number of thiazole rings is 1. The summed E-state index contributed by atoms with van der Waals surface area (Å²) in [6.07, 6.45) is 0.908. The molecule has 0 bridgehead atoms. The first-order valence-electron chi connectivity index (χ1n) is 5.67. The summed E-state index contributed by atoms with van der Waals surface area (Å²) >= 11 is 1.44. The predicted molar refractivity (Wildman–Crippen MR) is 64.8 cm³/mol. The third-order valence-electron chi connectivity index (χ3n) is 2.05. The Hall–Kier alpha value is -0.940. The van der Waals surface area contributed by atoms with E-state index in [2.05, 4.69) is 10.3 Å². The summed E-state index contributed by atoms with van der Waals surface area (Å²) in [7, 11) is 0. The van der Waals surface area contributed by atoms with E-state index in [1.54, 1.807) is 6.92 Å². The molecule has 1 aliphatic heterocycles. The SMILES string of the molecule is CC.CCOC(=O)c1nc2c(s1)CNCC2. The lowest BCUT2D eigenvalue weighted by molar-refractivity contribution is 0.0525. The molecule has 0 spiro atoms. The molecule has 90 valence electrons. The molecule has 1 N–H and O–H groups in total. The van der Waals surface area contributed by atoms with Crippen LogP contribution in [0.2, 0.25) is 0 Å². The van der Waals surface area contributed by atoms with Crippen LogP contribution in [0.1, 0.15) is 41.1 Å². The standard InChI is InChI=1S/C9H12N2O2S.C2H6/c1-2-13-9(12)8-11-6-3-4-10-5-7(6)14-8;1-2/h10H,2-5H2,1H3;1-2H3. The molecule has 0 aromatic carbocycles. The van der Waals surface area contributed by atoms with Crippen molar-refractivity contribution in [1.82, 2.24) is 10.3 Å². The van der Waals surface area contributed by atoms with Crippen molar-refractivity contribution in [3.63, 3.8) is 0 Å². The molecule has 4 nitrogen and oxygen atoms in total. The van der Waals surface area contributed by atoms with E-state index >= 15 is 0 Å². The molecule has 16 heavy (non-hydrogen) atoms. The van der Waals surface area contributed by atoms with Gasteiger partial charge in [0.05, 0.1) is 12.3 Å². The smallest absolute Gasteiger partial charge is 0.367 e. The molecule has 2 rings (SSSR count). The summed E-state index contributed by atoms with van der Waals surface area (Å²) in [5, 5.41) is 3.73. The van der Waals surface area contributed by atoms with Crippen molar-refractivity contribution in [2.75, 3.05) is 13.2 Å². The number of hydrogen-bond donors (Lipinski definition) is 1. The first kappa shape index (κ1) is 13.1. The first-order valence-corrected chi connectivity index (χ1v) is 6.49. The highest BCUT2D eigenvalue weighted by atomic mass is 32.1. The van der Waals surface area contributed by atoms with Gasteiger partial charge in [0.15, 0.2) is 0 Å². The van der Waals surface area contributed by atoms with E-state index in [-0.39, 0.29) is 5.97 Å². The number of fused-ring (bicyclic) bond motifs is 1. The number of esters is 1. The summed E-state index contributed by atoms with van der Waals surface area (Å²) in [5.41, 5.74) is 1.05. The van der Waals surface area contributed by atoms with Crippen molar-refractivity contribution in [2.24, 2.45) is 0 Å². The molecule has 0 atom stereocenters. The predicted octanol–water partition coefficient (Wildman–Crippen LogP) is 1.99. The zero-order valence-electron chi connectivity index (χ0n) is 10.0. The zero-order valence-corrected chi connectivity index (χ0v) is 10.8. The van der Waals surface area contributed by atoms with Crippen molar-refractivity contribution in [3.05, 3.63) is 15.6 Å². The second-order valence-corrected chi connectivity index (χ2v) is 4.12. The van der Waals surface area contributed by atoms with Crippen LogP contribution < -0.4 is 5.32 Å². The number of ether oxygens (including phenoxy) is 1. The Morgan fingerprint density at radius 1 is 1.56 bits per heavy atom. The average molecular weight is 242 g/mol. The van der Waals surface area contributed by atoms with E-state index in [4.69, 9.17) is 4.74 Å². The fraction of sp³-hybridized carbons (Fsp3) is 0.636. The van der Waals surface area contributed by atoms with E-state index in [0.29, 0.717) is 11.6 Å². The number of aromatic nitrogens is 1. The van der Waals surface area contributed by atoms with Crippen LogP contribution in [0, 0.1) is 0 Å². The van der Waals surface area contributed by atoms with Crippen LogP contribution >= 0.6 is 11.3 Å². The molecule has 5 heteroatoms. The summed E-state index contributed by atoms with van der Waals surface area (Å²) in [5.74, 6) is -0.299. The van der Waals surface area contributed by atoms with E-state index in [0.717, 1.165) is 25.2 Å². The molecule has 0 fully saturated rings. The number of carbonyl (C=O) groups is 1. The lowest BCUT2D eigenvalue weighted by Crippen LogP contribution is -2.22. The van der Waals surface area contributed by atoms with Gasteiger partial charge in [-0.1, -0.05) is 13.8 Å². The fourth-order valence-electron chi connectivity index (χ4n) is 1.41. The minimum absolute atomic E-state index is 0.299. The van der Waals surface area contributed by atoms with Gasteiger partial charge in [-0.05, 0) is 6.92 Å². The largest absolute Gasteiger partial charge is 0.461 e. The van der Waals surface area contributed by atoms with Crippen LogP contribution in [0.15, 0.2) is 0 Å². The molecule has 0 saturated carbocycles. The molecular formula is C11H18N2O2S. The molecule has 1 aliphatic rings. The minimum atomic E-state index is -0.299. The van der Waals surface area contributed by atoms with Gasteiger partial charge < -0.3 is 10.1 Å². The lowest BCUT2D eigenvalue weighted by atomic mass is 10.2. The van der Waals surface area contributed by atoms with Crippen molar-refractivity contribution in [2.45, 2.75) is 33.7 Å². The first-order chi connectivity index (χ1) is 7.81. The normalized spacial score (nSPS) is 13.4. The van der Waals surface area contributed by atoms with Gasteiger partial charge >= 0.3 is 5.97 Å². The number of carbonyl (C=O) groups excluding carboxylic acids is 1. The maximum Gasteiger partial charge on any atom is 0.367 e. The van der Waals surface area contributed by atoms with Gasteiger partial charge in [-0.3, -0.25) is 0 Å². The Balaban J connectivity index is 0.000000606. The highest BCUT2D eigenvalue weighted by Crippen LogP contribution is 2.21. The number of nitrogens with zero attached hydrogens (tertiary/aromatic N) is 1. The molecule has 0 amide bonds. The van der Waals surface area contributed by atoms with E-state index in [9.17, 15) is 4.79 Å². The van der Waals surface area contributed by atoms with Crippen LogP contribution in [-0.4, -0.2) is 24.1 Å². The molecule has 1 aromatic heterocycles. The van der Waals surface area contributed by atoms with Crippen molar-refractivity contribution in [1.29, 1.82) is 0 Å². The Morgan fingerprint density at radius 3 is 2.94 bits per heavy atom. The topological polar surface area (TPSA) is 51.2 Å². The van der Waals surface area contributed by atoms with E-state index in [1.165, 1.54) is 16.2 Å². The van der Waals surface area contributed by atoms with Crippen molar-refractivity contribution < 1.29 is 9.53 Å². The fourth-order valence-corrected chi connectivity index (χ4v) is 2.38. The van der Waals surface area contributed by atoms with E-state index < -0.39 is 0 Å². The highest BCUT2D eigenvalue weighted by Gasteiger charge is 2.19. The number of hydrogen-bond acceptors (Lipinski definition) is 5. The lowest BCUT2D eigenvalue weighted by Gasteiger charge is -2.09. The maximum atomic E-state index is 11.4. The van der Waals surface area contributed by atoms with Crippen LogP contribution in [0.3, 0.4) is 0 Å². The van der Waals surface area contributed by atoms with Gasteiger partial charge in [-0.15, -0.1) is 11.3 Å². The van der Waals surface area contributed by atoms with Gasteiger partial charge in [0.1, 0.15) is 0 Å². The minimum Gasteiger partial charge on any atom is -0.461 e. The van der Waals surface area contributed by atoms with Crippen LogP contribution in [0.4, 0.5) is 0 Å². The second kappa shape index (κ2) is 6.60. The van der Waals surface area contributed by atoms with Gasteiger partial charge in [0.2, 0.25) is 5.01 Å². The molecule has 0 aliphatic carbocycles. The Labute approximate surface area is 100 Å². The van der Waals surface area contributed by atoms with Crippen LogP contribution in [-0.2, 0) is 17.7 Å². The van der Waals surface area contributed by atoms with Gasteiger partial charge in [0.25, 0.3) is 0 Å². The van der Waals surface area contributed by atoms with Crippen LogP contribution in [0.5, 0.6) is 0 Å². The monoisotopic (exact) mass is 242 g/mol. The molecule has 2 heterocycles. The molecule has 0 saturated heterocycles. The summed E-state index contributed by atoms with van der Waals surface area (Å²) in [6, 6.07) is 0. The maximum absolute atomic E-state index is 11.4. The highest BCUT2D eigenvalue weighted by molar-refractivity contribution is 7.13. The van der Waals surface area contributed by atoms with Gasteiger partial charge in [0, 0.05) is 24.4 Å². The average Bonchev–Trinajstić information content (AvgIpc) is 2.75. The molecular weight excluding hydrogens is 224 g/mol. The summed E-state index contributed by atoms with van der Waals surface area (Å²) in [6.45, 7) is 7.97. The number of rotatable bonds is 2. The Bertz CT molecular complexity index is 326. The molecule has 1 aromatic rings. The summed E-state index contributed by atoms with van der Waals surface area (Å²) in [4.78, 5) is 16.8. The van der Waals surface area contributed by atoms with Gasteiger partial charge in [-0.25, -0.2) is 9.78 Å². The van der Waals surface area contributed by atoms with Gasteiger partial charge in [-0.2, -0.15) is 0 Å². The Morgan fingerprint density at radius 2 is 2.31 bits per heavy atom. The zero-order chi connectivity index (χ0) is 12.0. The quantitative estimate of drug-likeness (QED) is 0.806. The van der Waals surface area contributed by atoms with Crippen molar-refractivity contribution >= 4 is 17.3 Å².